The number of cyclic esters (lactones) is 1. The number of benzene rings is 1. The lowest BCUT2D eigenvalue weighted by molar-refractivity contribution is -0.160. The normalized spacial score (nSPS) is 30.9. The van der Waals surface area contributed by atoms with E-state index in [9.17, 15) is 9.59 Å². The molecule has 1 aromatic carbocycles. The third-order valence-corrected chi connectivity index (χ3v) is 4.74. The third-order valence-electron chi connectivity index (χ3n) is 4.74. The van der Waals surface area contributed by atoms with E-state index in [1.54, 1.807) is 11.9 Å². The lowest BCUT2D eigenvalue weighted by atomic mass is 9.98. The highest BCUT2D eigenvalue weighted by Crippen LogP contribution is 2.28. The van der Waals surface area contributed by atoms with Crippen LogP contribution in [0, 0.1) is 11.8 Å². The van der Waals surface area contributed by atoms with Crippen molar-refractivity contribution in [1.82, 2.24) is 4.90 Å². The molecule has 0 saturated heterocycles. The quantitative estimate of drug-likeness (QED) is 0.582. The Morgan fingerprint density at radius 3 is 2.17 bits per heavy atom. The van der Waals surface area contributed by atoms with E-state index in [2.05, 4.69) is 0 Å². The Morgan fingerprint density at radius 1 is 0.958 bits per heavy atom. The fourth-order valence-electron chi connectivity index (χ4n) is 2.88. The van der Waals surface area contributed by atoms with E-state index in [0.29, 0.717) is 12.8 Å². The molecule has 0 bridgehead atoms. The minimum Gasteiger partial charge on any atom is -0.455 e. The molecule has 1 amide bonds. The number of allylic oxidation sites excluding steroid dienone is 2. The molecule has 0 unspecified atom stereocenters. The molecule has 4 nitrogen and oxygen atoms in total. The van der Waals surface area contributed by atoms with E-state index in [1.807, 2.05) is 63.3 Å². The first-order valence-corrected chi connectivity index (χ1v) is 8.59. The van der Waals surface area contributed by atoms with E-state index < -0.39 is 6.10 Å². The largest absolute Gasteiger partial charge is 0.455 e. The maximum atomic E-state index is 12.6. The SMILES string of the molecule is C[C@@H]1C/C=C\C[C@@H](C)C(=O)N(C)[C@H](C)[C@@H](c2ccccc2)OC1=O. The molecule has 0 spiro atoms. The molecule has 4 atom stereocenters. The Kier molecular flexibility index (Phi) is 6.18. The Morgan fingerprint density at radius 2 is 1.54 bits per heavy atom. The van der Waals surface area contributed by atoms with Crippen LogP contribution < -0.4 is 0 Å². The molecule has 0 radical (unpaired) electrons. The van der Waals surface area contributed by atoms with Gasteiger partial charge in [0.25, 0.3) is 0 Å². The van der Waals surface area contributed by atoms with Crippen molar-refractivity contribution in [3.8, 4) is 0 Å². The smallest absolute Gasteiger partial charge is 0.309 e. The number of rotatable bonds is 1. The van der Waals surface area contributed by atoms with Crippen LogP contribution in [0.3, 0.4) is 0 Å². The van der Waals surface area contributed by atoms with Crippen molar-refractivity contribution in [1.29, 1.82) is 0 Å². The Hall–Kier alpha value is -2.10. The molecule has 0 aliphatic carbocycles. The predicted molar refractivity (Wildman–Crippen MR) is 94.2 cm³/mol. The number of carbonyl (C=O) groups is 2. The fourth-order valence-corrected chi connectivity index (χ4v) is 2.88. The van der Waals surface area contributed by atoms with Gasteiger partial charge in [0.15, 0.2) is 0 Å². The van der Waals surface area contributed by atoms with Crippen molar-refractivity contribution in [2.45, 2.75) is 45.8 Å². The molecule has 2 rings (SSSR count). The van der Waals surface area contributed by atoms with Gasteiger partial charge in [-0.05, 0) is 25.3 Å². The summed E-state index contributed by atoms with van der Waals surface area (Å²) in [6.45, 7) is 5.75. The highest BCUT2D eigenvalue weighted by molar-refractivity contribution is 5.79. The van der Waals surface area contributed by atoms with Gasteiger partial charge in [-0.2, -0.15) is 0 Å². The summed E-state index contributed by atoms with van der Waals surface area (Å²) < 4.78 is 5.82. The zero-order valence-corrected chi connectivity index (χ0v) is 14.9. The van der Waals surface area contributed by atoms with Gasteiger partial charge in [0.2, 0.25) is 5.91 Å². The zero-order chi connectivity index (χ0) is 17.7. The second-order valence-corrected chi connectivity index (χ2v) is 6.70. The van der Waals surface area contributed by atoms with E-state index in [0.717, 1.165) is 5.56 Å². The van der Waals surface area contributed by atoms with Crippen LogP contribution in [0.4, 0.5) is 0 Å². The third kappa shape index (κ3) is 4.25. The van der Waals surface area contributed by atoms with Gasteiger partial charge >= 0.3 is 5.97 Å². The molecule has 4 heteroatoms. The number of esters is 1. The number of carbonyl (C=O) groups excluding carboxylic acids is 2. The van der Waals surface area contributed by atoms with Gasteiger partial charge in [-0.3, -0.25) is 9.59 Å². The highest BCUT2D eigenvalue weighted by atomic mass is 16.5. The molecule has 130 valence electrons. The molecule has 1 aliphatic heterocycles. The number of likely N-dealkylation sites (N-methyl/N-ethyl adjacent to an activating group) is 1. The van der Waals surface area contributed by atoms with Crippen LogP contribution >= 0.6 is 0 Å². The second-order valence-electron chi connectivity index (χ2n) is 6.70. The maximum Gasteiger partial charge on any atom is 0.309 e. The summed E-state index contributed by atoms with van der Waals surface area (Å²) >= 11 is 0. The van der Waals surface area contributed by atoms with E-state index >= 15 is 0 Å². The van der Waals surface area contributed by atoms with Gasteiger partial charge in [-0.25, -0.2) is 0 Å². The van der Waals surface area contributed by atoms with Gasteiger partial charge in [-0.1, -0.05) is 56.3 Å². The number of nitrogens with zero attached hydrogens (tertiary/aromatic N) is 1. The van der Waals surface area contributed by atoms with Crippen LogP contribution in [0.15, 0.2) is 42.5 Å². The standard InChI is InChI=1S/C20H27NO3/c1-14-10-8-9-11-15(2)20(23)24-18(16(3)21(4)19(14)22)17-12-6-5-7-13-17/h5-9,12-16,18H,10-11H2,1-4H3/b9-8-/t14-,15-,16-,18+/m1/s1. The minimum atomic E-state index is -0.467. The molecule has 0 N–H and O–H groups in total. The molecule has 0 aromatic heterocycles. The van der Waals surface area contributed by atoms with Gasteiger partial charge in [0.05, 0.1) is 12.0 Å². The van der Waals surface area contributed by atoms with Crippen molar-refractivity contribution in [2.24, 2.45) is 11.8 Å². The average molecular weight is 329 g/mol. The van der Waals surface area contributed by atoms with Crippen molar-refractivity contribution in [3.05, 3.63) is 48.0 Å². The van der Waals surface area contributed by atoms with Gasteiger partial charge < -0.3 is 9.64 Å². The summed E-state index contributed by atoms with van der Waals surface area (Å²) in [5, 5.41) is 0. The van der Waals surface area contributed by atoms with Crippen LogP contribution in [-0.2, 0) is 14.3 Å². The minimum absolute atomic E-state index is 0.0674. The molecule has 0 fully saturated rings. The Labute approximate surface area is 144 Å². The summed E-state index contributed by atoms with van der Waals surface area (Å²) in [7, 11) is 1.78. The van der Waals surface area contributed by atoms with Gasteiger partial charge in [0, 0.05) is 13.0 Å². The van der Waals surface area contributed by atoms with Crippen molar-refractivity contribution >= 4 is 11.9 Å². The summed E-state index contributed by atoms with van der Waals surface area (Å²) in [5.74, 6) is -0.446. The zero-order valence-electron chi connectivity index (χ0n) is 14.9. The van der Waals surface area contributed by atoms with E-state index in [1.165, 1.54) is 0 Å². The lowest BCUT2D eigenvalue weighted by Gasteiger charge is -2.34. The number of hydrogen-bond donors (Lipinski definition) is 0. The van der Waals surface area contributed by atoms with Crippen LogP contribution in [0.2, 0.25) is 0 Å². The number of hydrogen-bond acceptors (Lipinski definition) is 3. The van der Waals surface area contributed by atoms with Gasteiger partial charge in [0.1, 0.15) is 6.10 Å². The van der Waals surface area contributed by atoms with Crippen molar-refractivity contribution in [2.75, 3.05) is 7.05 Å². The summed E-state index contributed by atoms with van der Waals surface area (Å²) in [4.78, 5) is 26.8. The van der Waals surface area contributed by atoms with E-state index in [-0.39, 0.29) is 29.8 Å². The monoisotopic (exact) mass is 329 g/mol. The first-order valence-electron chi connectivity index (χ1n) is 8.59. The van der Waals surface area contributed by atoms with Crippen LogP contribution in [0.25, 0.3) is 0 Å². The maximum absolute atomic E-state index is 12.6. The van der Waals surface area contributed by atoms with E-state index in [4.69, 9.17) is 4.74 Å². The summed E-state index contributed by atoms with van der Waals surface area (Å²) in [6, 6.07) is 9.40. The highest BCUT2D eigenvalue weighted by Gasteiger charge is 2.32. The molecule has 1 aromatic rings. The number of amides is 1. The van der Waals surface area contributed by atoms with Crippen molar-refractivity contribution < 1.29 is 14.3 Å². The van der Waals surface area contributed by atoms with Crippen molar-refractivity contribution in [3.63, 3.8) is 0 Å². The molecule has 1 heterocycles. The topological polar surface area (TPSA) is 46.6 Å². The Bertz CT molecular complexity index is 596. The lowest BCUT2D eigenvalue weighted by Crippen LogP contribution is -2.43. The van der Waals surface area contributed by atoms with Crippen LogP contribution in [-0.4, -0.2) is 29.9 Å². The summed E-state index contributed by atoms with van der Waals surface area (Å²) in [6.07, 6.45) is 4.81. The van der Waals surface area contributed by atoms with Crippen LogP contribution in [0.5, 0.6) is 0 Å². The molecular weight excluding hydrogens is 302 g/mol. The summed E-state index contributed by atoms with van der Waals surface area (Å²) in [5.41, 5.74) is 0.908. The molecule has 24 heavy (non-hydrogen) atoms. The number of ether oxygens (including phenoxy) is 1. The first kappa shape index (κ1) is 18.2. The van der Waals surface area contributed by atoms with Gasteiger partial charge in [-0.15, -0.1) is 0 Å². The molecule has 1 aliphatic rings. The molecule has 0 saturated carbocycles. The predicted octanol–water partition coefficient (Wildman–Crippen LogP) is 3.74. The van der Waals surface area contributed by atoms with Crippen LogP contribution in [0.1, 0.15) is 45.3 Å². The Balaban J connectivity index is 2.36. The molecular formula is C20H27NO3. The average Bonchev–Trinajstić information content (AvgIpc) is 2.60. The fraction of sp³-hybridized carbons (Fsp3) is 0.500. The second kappa shape index (κ2) is 8.13. The first-order chi connectivity index (χ1) is 11.4.